The Morgan fingerprint density at radius 2 is 1.81 bits per heavy atom. The molecule has 174 valence electrons. The first-order valence-electron chi connectivity index (χ1n) is 10.9. The van der Waals surface area contributed by atoms with E-state index in [4.69, 9.17) is 0 Å². The SMILES string of the molecule is O=C(NC(Cc1ccccc1)C(=O)NC(CO)C(=O)N1CCCC1C(=O)O)C1CCCN1. The fraction of sp³-hybridized carbons (Fsp3) is 0.545. The number of aliphatic hydroxyl groups excluding tert-OH is 1. The van der Waals surface area contributed by atoms with Crippen LogP contribution in [0.5, 0.6) is 0 Å². The van der Waals surface area contributed by atoms with Crippen molar-refractivity contribution in [2.75, 3.05) is 19.7 Å². The minimum Gasteiger partial charge on any atom is -0.480 e. The van der Waals surface area contributed by atoms with E-state index < -0.39 is 42.5 Å². The molecule has 0 aromatic heterocycles. The number of nitrogens with one attached hydrogen (secondary N) is 3. The van der Waals surface area contributed by atoms with E-state index in [0.717, 1.165) is 18.5 Å². The van der Waals surface area contributed by atoms with Crippen LogP contribution in [0, 0.1) is 0 Å². The molecule has 5 N–H and O–H groups in total. The minimum absolute atomic E-state index is 0.207. The van der Waals surface area contributed by atoms with Gasteiger partial charge in [-0.2, -0.15) is 0 Å². The predicted octanol–water partition coefficient (Wildman–Crippen LogP) is -0.981. The number of carboxylic acids is 1. The van der Waals surface area contributed by atoms with Crippen LogP contribution in [0.15, 0.2) is 30.3 Å². The van der Waals surface area contributed by atoms with E-state index in [1.807, 2.05) is 30.3 Å². The number of rotatable bonds is 9. The van der Waals surface area contributed by atoms with Gasteiger partial charge in [-0.25, -0.2) is 4.79 Å². The summed E-state index contributed by atoms with van der Waals surface area (Å²) >= 11 is 0. The first kappa shape index (κ1) is 23.7. The second-order valence-electron chi connectivity index (χ2n) is 8.17. The number of carboxylic acid groups (broad SMARTS) is 1. The van der Waals surface area contributed by atoms with Crippen LogP contribution in [-0.4, -0.2) is 82.7 Å². The number of carbonyl (C=O) groups is 4. The van der Waals surface area contributed by atoms with Crippen LogP contribution < -0.4 is 16.0 Å². The third-order valence-corrected chi connectivity index (χ3v) is 5.91. The lowest BCUT2D eigenvalue weighted by Crippen LogP contribution is -2.58. The van der Waals surface area contributed by atoms with Crippen molar-refractivity contribution in [3.8, 4) is 0 Å². The highest BCUT2D eigenvalue weighted by molar-refractivity contribution is 5.94. The third kappa shape index (κ3) is 5.83. The van der Waals surface area contributed by atoms with E-state index in [0.29, 0.717) is 19.3 Å². The molecule has 0 radical (unpaired) electrons. The van der Waals surface area contributed by atoms with Crippen LogP contribution in [0.1, 0.15) is 31.2 Å². The van der Waals surface area contributed by atoms with Gasteiger partial charge in [0.1, 0.15) is 18.1 Å². The Morgan fingerprint density at radius 3 is 2.44 bits per heavy atom. The summed E-state index contributed by atoms with van der Waals surface area (Å²) in [6, 6.07) is 5.56. The summed E-state index contributed by atoms with van der Waals surface area (Å²) in [6.07, 6.45) is 2.62. The van der Waals surface area contributed by atoms with Gasteiger partial charge in [0.25, 0.3) is 0 Å². The molecule has 0 spiro atoms. The van der Waals surface area contributed by atoms with E-state index in [-0.39, 0.29) is 24.9 Å². The van der Waals surface area contributed by atoms with Crippen molar-refractivity contribution in [2.24, 2.45) is 0 Å². The van der Waals surface area contributed by atoms with Gasteiger partial charge in [0.05, 0.1) is 12.6 Å². The maximum Gasteiger partial charge on any atom is 0.326 e. The van der Waals surface area contributed by atoms with E-state index in [9.17, 15) is 29.4 Å². The summed E-state index contributed by atoms with van der Waals surface area (Å²) in [6.45, 7) is 0.304. The number of hydrogen-bond acceptors (Lipinski definition) is 6. The average Bonchev–Trinajstić information content (AvgIpc) is 3.49. The molecule has 1 aromatic rings. The molecule has 10 heteroatoms. The monoisotopic (exact) mass is 446 g/mol. The topological polar surface area (TPSA) is 148 Å². The van der Waals surface area contributed by atoms with Crippen molar-refractivity contribution in [1.29, 1.82) is 0 Å². The molecule has 2 heterocycles. The fourth-order valence-corrected chi connectivity index (χ4v) is 4.18. The molecule has 10 nitrogen and oxygen atoms in total. The van der Waals surface area contributed by atoms with Crippen molar-refractivity contribution < 1.29 is 29.4 Å². The van der Waals surface area contributed by atoms with Gasteiger partial charge in [-0.15, -0.1) is 0 Å². The molecule has 0 bridgehead atoms. The van der Waals surface area contributed by atoms with Gasteiger partial charge in [0, 0.05) is 13.0 Å². The predicted molar refractivity (Wildman–Crippen MR) is 114 cm³/mol. The molecule has 2 aliphatic rings. The maximum atomic E-state index is 13.1. The average molecular weight is 447 g/mol. The number of aliphatic hydroxyl groups is 1. The van der Waals surface area contributed by atoms with Crippen molar-refractivity contribution in [3.05, 3.63) is 35.9 Å². The molecular weight excluding hydrogens is 416 g/mol. The Bertz CT molecular complexity index is 827. The molecule has 4 atom stereocenters. The van der Waals surface area contributed by atoms with Crippen LogP contribution in [-0.2, 0) is 25.6 Å². The Kier molecular flexibility index (Phi) is 8.18. The van der Waals surface area contributed by atoms with Crippen molar-refractivity contribution in [3.63, 3.8) is 0 Å². The van der Waals surface area contributed by atoms with Gasteiger partial charge in [-0.3, -0.25) is 14.4 Å². The lowest BCUT2D eigenvalue weighted by atomic mass is 10.0. The summed E-state index contributed by atoms with van der Waals surface area (Å²) in [7, 11) is 0. The zero-order chi connectivity index (χ0) is 23.1. The van der Waals surface area contributed by atoms with Gasteiger partial charge < -0.3 is 31.1 Å². The van der Waals surface area contributed by atoms with Gasteiger partial charge in [0.15, 0.2) is 0 Å². The maximum absolute atomic E-state index is 13.1. The molecule has 2 saturated heterocycles. The second-order valence-corrected chi connectivity index (χ2v) is 8.17. The zero-order valence-corrected chi connectivity index (χ0v) is 17.8. The summed E-state index contributed by atoms with van der Waals surface area (Å²) in [4.78, 5) is 51.1. The van der Waals surface area contributed by atoms with E-state index in [1.165, 1.54) is 4.90 Å². The quantitative estimate of drug-likeness (QED) is 0.327. The van der Waals surface area contributed by atoms with Crippen LogP contribution in [0.25, 0.3) is 0 Å². The number of hydrogen-bond donors (Lipinski definition) is 5. The summed E-state index contributed by atoms with van der Waals surface area (Å²) in [5.41, 5.74) is 0.824. The molecule has 1 aromatic carbocycles. The highest BCUT2D eigenvalue weighted by Gasteiger charge is 2.38. The Hall–Kier alpha value is -2.98. The largest absolute Gasteiger partial charge is 0.480 e. The molecular formula is C22H30N4O6. The molecule has 32 heavy (non-hydrogen) atoms. The number of likely N-dealkylation sites (tertiary alicyclic amines) is 1. The number of benzene rings is 1. The van der Waals surface area contributed by atoms with E-state index in [2.05, 4.69) is 16.0 Å². The van der Waals surface area contributed by atoms with Crippen LogP contribution in [0.2, 0.25) is 0 Å². The number of aliphatic carboxylic acids is 1. The fourth-order valence-electron chi connectivity index (χ4n) is 4.18. The van der Waals surface area contributed by atoms with Gasteiger partial charge >= 0.3 is 5.97 Å². The van der Waals surface area contributed by atoms with Gasteiger partial charge in [-0.1, -0.05) is 30.3 Å². The van der Waals surface area contributed by atoms with Crippen LogP contribution in [0.3, 0.4) is 0 Å². The standard InChI is InChI=1S/C22H30N4O6/c27-13-17(21(30)26-11-5-9-18(26)22(31)32)25-20(29)16(12-14-6-2-1-3-7-14)24-19(28)15-8-4-10-23-15/h1-3,6-7,15-18,23,27H,4-5,8-13H2,(H,24,28)(H,25,29)(H,31,32). The number of amides is 3. The van der Waals surface area contributed by atoms with Crippen LogP contribution >= 0.6 is 0 Å². The van der Waals surface area contributed by atoms with Crippen molar-refractivity contribution in [1.82, 2.24) is 20.9 Å². The molecule has 0 aliphatic carbocycles. The zero-order valence-electron chi connectivity index (χ0n) is 17.8. The Morgan fingerprint density at radius 1 is 1.06 bits per heavy atom. The lowest BCUT2D eigenvalue weighted by Gasteiger charge is -2.28. The smallest absolute Gasteiger partial charge is 0.326 e. The molecule has 3 amide bonds. The summed E-state index contributed by atoms with van der Waals surface area (Å²) in [5.74, 6) is -2.67. The molecule has 0 saturated carbocycles. The van der Waals surface area contributed by atoms with Crippen LogP contribution in [0.4, 0.5) is 0 Å². The normalized spacial score (nSPS) is 22.2. The molecule has 3 rings (SSSR count). The minimum atomic E-state index is -1.29. The van der Waals surface area contributed by atoms with E-state index in [1.54, 1.807) is 0 Å². The number of nitrogens with zero attached hydrogens (tertiary/aromatic N) is 1. The van der Waals surface area contributed by atoms with Crippen molar-refractivity contribution >= 4 is 23.7 Å². The molecule has 2 fully saturated rings. The first-order chi connectivity index (χ1) is 15.4. The van der Waals surface area contributed by atoms with Crippen molar-refractivity contribution in [2.45, 2.75) is 56.3 Å². The van der Waals surface area contributed by atoms with Gasteiger partial charge in [-0.05, 0) is 37.8 Å². The first-order valence-corrected chi connectivity index (χ1v) is 10.9. The highest BCUT2D eigenvalue weighted by atomic mass is 16.4. The van der Waals surface area contributed by atoms with E-state index >= 15 is 0 Å². The molecule has 4 unspecified atom stereocenters. The van der Waals surface area contributed by atoms with Gasteiger partial charge in [0.2, 0.25) is 17.7 Å². The summed E-state index contributed by atoms with van der Waals surface area (Å²) < 4.78 is 0. The second kappa shape index (κ2) is 11.1. The Labute approximate surface area is 186 Å². The summed E-state index contributed by atoms with van der Waals surface area (Å²) in [5, 5.41) is 27.4. The lowest BCUT2D eigenvalue weighted by molar-refractivity contribution is -0.150. The third-order valence-electron chi connectivity index (χ3n) is 5.91. The highest BCUT2D eigenvalue weighted by Crippen LogP contribution is 2.18. The Balaban J connectivity index is 1.71. The number of carbonyl (C=O) groups excluding carboxylic acids is 3. The molecule has 2 aliphatic heterocycles.